The van der Waals surface area contributed by atoms with Gasteiger partial charge in [-0.2, -0.15) is 4.98 Å². The number of anilines is 2. The van der Waals surface area contributed by atoms with E-state index in [2.05, 4.69) is 58.9 Å². The van der Waals surface area contributed by atoms with E-state index < -0.39 is 0 Å². The highest BCUT2D eigenvalue weighted by molar-refractivity contribution is 9.10. The maximum atomic E-state index is 4.80. The van der Waals surface area contributed by atoms with Crippen LogP contribution in [0.4, 0.5) is 11.8 Å². The monoisotopic (exact) mass is 355 g/mol. The molecule has 0 saturated carbocycles. The van der Waals surface area contributed by atoms with Crippen molar-refractivity contribution >= 4 is 27.7 Å². The number of nitrogens with one attached hydrogen (secondary N) is 1. The fourth-order valence-corrected chi connectivity index (χ4v) is 3.12. The SMILES string of the molecule is CCCNc1nc(N2CCN(C)CC2)nc(C(C)C)c1Br. The van der Waals surface area contributed by atoms with Crippen molar-refractivity contribution in [3.05, 3.63) is 10.2 Å². The van der Waals surface area contributed by atoms with E-state index in [1.54, 1.807) is 0 Å². The standard InChI is InChI=1S/C15H26BrN5/c1-5-6-17-14-12(16)13(11(2)3)18-15(19-14)21-9-7-20(4)8-10-21/h11H,5-10H2,1-4H3,(H,17,18,19). The smallest absolute Gasteiger partial charge is 0.227 e. The van der Waals surface area contributed by atoms with Gasteiger partial charge in [0.2, 0.25) is 5.95 Å². The zero-order chi connectivity index (χ0) is 15.4. The molecule has 5 nitrogen and oxygen atoms in total. The van der Waals surface area contributed by atoms with Gasteiger partial charge in [0.1, 0.15) is 5.82 Å². The highest BCUT2D eigenvalue weighted by Crippen LogP contribution is 2.31. The molecule has 1 aliphatic rings. The predicted molar refractivity (Wildman–Crippen MR) is 92.3 cm³/mol. The first-order valence-electron chi connectivity index (χ1n) is 7.77. The van der Waals surface area contributed by atoms with Crippen LogP contribution in [0.5, 0.6) is 0 Å². The van der Waals surface area contributed by atoms with E-state index in [0.29, 0.717) is 5.92 Å². The predicted octanol–water partition coefficient (Wildman–Crippen LogP) is 2.94. The Morgan fingerprint density at radius 2 is 1.86 bits per heavy atom. The number of hydrogen-bond donors (Lipinski definition) is 1. The fraction of sp³-hybridized carbons (Fsp3) is 0.733. The van der Waals surface area contributed by atoms with Crippen molar-refractivity contribution in [2.75, 3.05) is 50.0 Å². The number of likely N-dealkylation sites (N-methyl/N-ethyl adjacent to an activating group) is 1. The van der Waals surface area contributed by atoms with Gasteiger partial charge in [0.15, 0.2) is 0 Å². The zero-order valence-corrected chi connectivity index (χ0v) is 15.1. The Balaban J connectivity index is 2.29. The summed E-state index contributed by atoms with van der Waals surface area (Å²) >= 11 is 3.67. The minimum absolute atomic E-state index is 0.371. The highest BCUT2D eigenvalue weighted by atomic mass is 79.9. The van der Waals surface area contributed by atoms with E-state index in [-0.39, 0.29) is 0 Å². The topological polar surface area (TPSA) is 44.3 Å². The third kappa shape index (κ3) is 4.07. The molecule has 21 heavy (non-hydrogen) atoms. The molecular weight excluding hydrogens is 330 g/mol. The van der Waals surface area contributed by atoms with Crippen LogP contribution in [-0.4, -0.2) is 54.6 Å². The second kappa shape index (κ2) is 7.40. The van der Waals surface area contributed by atoms with Gasteiger partial charge < -0.3 is 15.1 Å². The summed E-state index contributed by atoms with van der Waals surface area (Å²) < 4.78 is 1.00. The number of hydrogen-bond acceptors (Lipinski definition) is 5. The molecule has 0 aromatic carbocycles. The Labute approximate surface area is 136 Å². The summed E-state index contributed by atoms with van der Waals surface area (Å²) in [5.74, 6) is 2.15. The number of halogens is 1. The van der Waals surface area contributed by atoms with Gasteiger partial charge >= 0.3 is 0 Å². The van der Waals surface area contributed by atoms with Crippen molar-refractivity contribution in [2.24, 2.45) is 0 Å². The molecule has 0 spiro atoms. The van der Waals surface area contributed by atoms with Crippen molar-refractivity contribution in [2.45, 2.75) is 33.1 Å². The van der Waals surface area contributed by atoms with E-state index in [0.717, 1.165) is 61.1 Å². The lowest BCUT2D eigenvalue weighted by molar-refractivity contribution is 0.311. The normalized spacial score (nSPS) is 16.6. The van der Waals surface area contributed by atoms with Crippen LogP contribution in [0.15, 0.2) is 4.47 Å². The molecule has 0 radical (unpaired) electrons. The average molecular weight is 356 g/mol. The fourth-order valence-electron chi connectivity index (χ4n) is 2.34. The Kier molecular flexibility index (Phi) is 5.81. The lowest BCUT2D eigenvalue weighted by Crippen LogP contribution is -2.45. The molecule has 0 unspecified atom stereocenters. The summed E-state index contributed by atoms with van der Waals surface area (Å²) in [6, 6.07) is 0. The van der Waals surface area contributed by atoms with Crippen LogP contribution in [0.1, 0.15) is 38.8 Å². The minimum atomic E-state index is 0.371. The van der Waals surface area contributed by atoms with Crippen molar-refractivity contribution in [3.63, 3.8) is 0 Å². The summed E-state index contributed by atoms with van der Waals surface area (Å²) in [6.07, 6.45) is 1.08. The molecule has 1 aromatic heterocycles. The summed E-state index contributed by atoms with van der Waals surface area (Å²) in [4.78, 5) is 14.2. The summed E-state index contributed by atoms with van der Waals surface area (Å²) in [5, 5.41) is 3.41. The van der Waals surface area contributed by atoms with Crippen molar-refractivity contribution in [1.82, 2.24) is 14.9 Å². The van der Waals surface area contributed by atoms with Gasteiger partial charge in [0.05, 0.1) is 10.2 Å². The molecule has 1 aliphatic heterocycles. The van der Waals surface area contributed by atoms with Crippen molar-refractivity contribution in [1.29, 1.82) is 0 Å². The number of nitrogens with zero attached hydrogens (tertiary/aromatic N) is 4. The maximum Gasteiger partial charge on any atom is 0.227 e. The van der Waals surface area contributed by atoms with Gasteiger partial charge in [0.25, 0.3) is 0 Å². The average Bonchev–Trinajstić information content (AvgIpc) is 2.47. The molecule has 0 amide bonds. The largest absolute Gasteiger partial charge is 0.369 e. The van der Waals surface area contributed by atoms with Crippen LogP contribution in [0.3, 0.4) is 0 Å². The first-order valence-corrected chi connectivity index (χ1v) is 8.57. The first-order chi connectivity index (χ1) is 10.0. The molecule has 1 saturated heterocycles. The van der Waals surface area contributed by atoms with Gasteiger partial charge in [-0.15, -0.1) is 0 Å². The van der Waals surface area contributed by atoms with Gasteiger partial charge in [-0.05, 0) is 35.3 Å². The van der Waals surface area contributed by atoms with Gasteiger partial charge in [-0.1, -0.05) is 20.8 Å². The van der Waals surface area contributed by atoms with Crippen LogP contribution >= 0.6 is 15.9 Å². The van der Waals surface area contributed by atoms with E-state index in [9.17, 15) is 0 Å². The Bertz CT molecular complexity index is 469. The van der Waals surface area contributed by atoms with E-state index in [4.69, 9.17) is 9.97 Å². The van der Waals surface area contributed by atoms with Gasteiger partial charge in [-0.25, -0.2) is 4.98 Å². The van der Waals surface area contributed by atoms with Crippen LogP contribution in [0.2, 0.25) is 0 Å². The summed E-state index contributed by atoms with van der Waals surface area (Å²) in [7, 11) is 2.16. The van der Waals surface area contributed by atoms with E-state index in [1.165, 1.54) is 0 Å². The van der Waals surface area contributed by atoms with Gasteiger partial charge in [-0.3, -0.25) is 0 Å². The zero-order valence-electron chi connectivity index (χ0n) is 13.5. The first kappa shape index (κ1) is 16.5. The molecule has 1 fully saturated rings. The molecule has 2 rings (SSSR count). The Morgan fingerprint density at radius 3 is 2.43 bits per heavy atom. The molecule has 1 N–H and O–H groups in total. The Hall–Kier alpha value is -0.880. The third-order valence-electron chi connectivity index (χ3n) is 3.74. The molecule has 0 bridgehead atoms. The quantitative estimate of drug-likeness (QED) is 0.879. The number of piperazine rings is 1. The molecular formula is C15H26BrN5. The highest BCUT2D eigenvalue weighted by Gasteiger charge is 2.21. The maximum absolute atomic E-state index is 4.80. The lowest BCUT2D eigenvalue weighted by atomic mass is 10.1. The Morgan fingerprint density at radius 1 is 1.19 bits per heavy atom. The second-order valence-corrected chi connectivity index (χ2v) is 6.74. The molecule has 6 heteroatoms. The number of aromatic nitrogens is 2. The third-order valence-corrected chi connectivity index (χ3v) is 4.52. The lowest BCUT2D eigenvalue weighted by Gasteiger charge is -2.33. The molecule has 1 aromatic rings. The van der Waals surface area contributed by atoms with Crippen molar-refractivity contribution in [3.8, 4) is 0 Å². The molecule has 2 heterocycles. The molecule has 0 atom stereocenters. The molecule has 0 aliphatic carbocycles. The van der Waals surface area contributed by atoms with Crippen LogP contribution in [0, 0.1) is 0 Å². The summed E-state index contributed by atoms with van der Waals surface area (Å²) in [5.41, 5.74) is 1.08. The van der Waals surface area contributed by atoms with Crippen LogP contribution in [0.25, 0.3) is 0 Å². The van der Waals surface area contributed by atoms with Crippen molar-refractivity contribution < 1.29 is 0 Å². The molecule has 118 valence electrons. The van der Waals surface area contributed by atoms with E-state index in [1.807, 2.05) is 0 Å². The van der Waals surface area contributed by atoms with E-state index >= 15 is 0 Å². The second-order valence-electron chi connectivity index (χ2n) is 5.94. The number of rotatable bonds is 5. The minimum Gasteiger partial charge on any atom is -0.369 e. The van der Waals surface area contributed by atoms with Gasteiger partial charge in [0, 0.05) is 32.7 Å². The summed E-state index contributed by atoms with van der Waals surface area (Å²) in [6.45, 7) is 11.5. The van der Waals surface area contributed by atoms with Crippen LogP contribution in [-0.2, 0) is 0 Å². The van der Waals surface area contributed by atoms with Crippen LogP contribution < -0.4 is 10.2 Å².